The predicted octanol–water partition coefficient (Wildman–Crippen LogP) is 3.39. The molecule has 1 saturated heterocycles. The maximum Gasteiger partial charge on any atom is 0.272 e. The molecule has 2 atom stereocenters. The first-order valence-electron chi connectivity index (χ1n) is 9.28. The number of carbonyl (C=O) groups is 1. The van der Waals surface area contributed by atoms with Crippen LogP contribution < -0.4 is 4.74 Å². The van der Waals surface area contributed by atoms with Crippen LogP contribution in [-0.2, 0) is 4.74 Å². The number of ether oxygens (including phenoxy) is 2. The van der Waals surface area contributed by atoms with E-state index in [4.69, 9.17) is 13.9 Å². The van der Waals surface area contributed by atoms with Gasteiger partial charge < -0.3 is 18.8 Å². The summed E-state index contributed by atoms with van der Waals surface area (Å²) in [5.74, 6) is 1.28. The third kappa shape index (κ3) is 3.53. The summed E-state index contributed by atoms with van der Waals surface area (Å²) in [5, 5.41) is 4.64. The second-order valence-electron chi connectivity index (χ2n) is 6.97. The van der Waals surface area contributed by atoms with Crippen molar-refractivity contribution in [1.82, 2.24) is 14.7 Å². The monoisotopic (exact) mass is 381 g/mol. The Kier molecular flexibility index (Phi) is 4.92. The van der Waals surface area contributed by atoms with E-state index in [-0.39, 0.29) is 18.1 Å². The lowest BCUT2D eigenvalue weighted by molar-refractivity contribution is -0.0588. The van der Waals surface area contributed by atoms with Crippen molar-refractivity contribution >= 4 is 5.91 Å². The summed E-state index contributed by atoms with van der Waals surface area (Å²) >= 11 is 0. The zero-order valence-corrected chi connectivity index (χ0v) is 16.2. The number of furan rings is 1. The molecular weight excluding hydrogens is 358 g/mol. The van der Waals surface area contributed by atoms with Crippen LogP contribution in [0, 0.1) is 0 Å². The molecular formula is C21H23N3O4. The molecule has 4 rings (SSSR count). The van der Waals surface area contributed by atoms with Crippen LogP contribution in [0.4, 0.5) is 0 Å². The van der Waals surface area contributed by atoms with E-state index >= 15 is 0 Å². The van der Waals surface area contributed by atoms with Gasteiger partial charge in [0.15, 0.2) is 5.76 Å². The molecule has 7 nitrogen and oxygen atoms in total. The molecule has 3 aromatic rings. The van der Waals surface area contributed by atoms with Gasteiger partial charge in [-0.15, -0.1) is 0 Å². The lowest BCUT2D eigenvalue weighted by Gasteiger charge is -2.35. The molecule has 1 fully saturated rings. The Balaban J connectivity index is 1.74. The van der Waals surface area contributed by atoms with Crippen LogP contribution in [0.15, 0.2) is 53.1 Å². The van der Waals surface area contributed by atoms with Gasteiger partial charge >= 0.3 is 0 Å². The highest BCUT2D eigenvalue weighted by atomic mass is 16.5. The second kappa shape index (κ2) is 7.52. The topological polar surface area (TPSA) is 69.7 Å². The number of morpholine rings is 1. The lowest BCUT2D eigenvalue weighted by Crippen LogP contribution is -2.48. The maximum absolute atomic E-state index is 13.3. The van der Waals surface area contributed by atoms with Crippen LogP contribution in [0.3, 0.4) is 0 Å². The number of nitrogens with zero attached hydrogens (tertiary/aromatic N) is 3. The van der Waals surface area contributed by atoms with Crippen LogP contribution in [-0.4, -0.2) is 53.0 Å². The molecule has 7 heteroatoms. The Morgan fingerprint density at radius 2 is 1.86 bits per heavy atom. The Morgan fingerprint density at radius 1 is 1.14 bits per heavy atom. The van der Waals surface area contributed by atoms with Crippen LogP contribution in [0.5, 0.6) is 5.75 Å². The van der Waals surface area contributed by atoms with Gasteiger partial charge in [-0.1, -0.05) is 0 Å². The standard InChI is InChI=1S/C21H23N3O4/c1-14-12-23(13-15(2)28-14)21(25)19-11-18(20-5-4-10-27-20)22-24(19)16-6-8-17(26-3)9-7-16/h4-11,14-15H,12-13H2,1-3H3/t14-,15-/m1/s1. The molecule has 0 radical (unpaired) electrons. The Labute approximate surface area is 163 Å². The predicted molar refractivity (Wildman–Crippen MR) is 104 cm³/mol. The summed E-state index contributed by atoms with van der Waals surface area (Å²) in [6, 6.07) is 12.8. The Hall–Kier alpha value is -3.06. The minimum absolute atomic E-state index is 0.00500. The largest absolute Gasteiger partial charge is 0.497 e. The van der Waals surface area contributed by atoms with Crippen molar-refractivity contribution in [3.05, 3.63) is 54.4 Å². The lowest BCUT2D eigenvalue weighted by atomic mass is 10.2. The third-order valence-electron chi connectivity index (χ3n) is 4.73. The van der Waals surface area contributed by atoms with E-state index in [1.807, 2.05) is 49.1 Å². The van der Waals surface area contributed by atoms with Crippen molar-refractivity contribution in [2.45, 2.75) is 26.1 Å². The first kappa shape index (κ1) is 18.3. The number of hydrogen-bond acceptors (Lipinski definition) is 5. The van der Waals surface area contributed by atoms with Crippen LogP contribution >= 0.6 is 0 Å². The fourth-order valence-corrected chi connectivity index (χ4v) is 3.50. The van der Waals surface area contributed by atoms with E-state index < -0.39 is 0 Å². The number of rotatable bonds is 4. The number of amides is 1. The van der Waals surface area contributed by atoms with Gasteiger partial charge in [0.25, 0.3) is 5.91 Å². The summed E-state index contributed by atoms with van der Waals surface area (Å²) in [5.41, 5.74) is 1.87. The third-order valence-corrected chi connectivity index (χ3v) is 4.73. The minimum atomic E-state index is -0.0804. The fourth-order valence-electron chi connectivity index (χ4n) is 3.50. The molecule has 1 amide bonds. The molecule has 28 heavy (non-hydrogen) atoms. The van der Waals surface area contributed by atoms with Gasteiger partial charge in [-0.25, -0.2) is 4.68 Å². The van der Waals surface area contributed by atoms with E-state index in [9.17, 15) is 4.79 Å². The normalized spacial score (nSPS) is 19.6. The Bertz CT molecular complexity index is 937. The molecule has 0 aliphatic carbocycles. The molecule has 0 N–H and O–H groups in total. The van der Waals surface area contributed by atoms with E-state index in [0.717, 1.165) is 11.4 Å². The molecule has 146 valence electrons. The summed E-state index contributed by atoms with van der Waals surface area (Å²) in [4.78, 5) is 15.2. The number of carbonyl (C=O) groups excluding carboxylic acids is 1. The molecule has 3 heterocycles. The molecule has 1 aromatic carbocycles. The van der Waals surface area contributed by atoms with Crippen molar-refractivity contribution in [2.24, 2.45) is 0 Å². The molecule has 0 unspecified atom stereocenters. The number of aromatic nitrogens is 2. The van der Waals surface area contributed by atoms with Crippen LogP contribution in [0.25, 0.3) is 17.1 Å². The highest BCUT2D eigenvalue weighted by molar-refractivity contribution is 5.94. The maximum atomic E-state index is 13.3. The van der Waals surface area contributed by atoms with Gasteiger partial charge in [-0.2, -0.15) is 5.10 Å². The molecule has 0 bridgehead atoms. The average molecular weight is 381 g/mol. The average Bonchev–Trinajstić information content (AvgIpc) is 3.36. The first-order chi connectivity index (χ1) is 13.5. The Morgan fingerprint density at radius 3 is 2.46 bits per heavy atom. The fraction of sp³-hybridized carbons (Fsp3) is 0.333. The van der Waals surface area contributed by atoms with Gasteiger partial charge in [0.05, 0.1) is 31.3 Å². The summed E-state index contributed by atoms with van der Waals surface area (Å²) in [7, 11) is 1.62. The zero-order chi connectivity index (χ0) is 19.7. The van der Waals surface area contributed by atoms with Gasteiger partial charge in [0.2, 0.25) is 0 Å². The number of benzene rings is 1. The van der Waals surface area contributed by atoms with Crippen molar-refractivity contribution in [3.8, 4) is 22.9 Å². The zero-order valence-electron chi connectivity index (χ0n) is 16.2. The summed E-state index contributed by atoms with van der Waals surface area (Å²) in [6.45, 7) is 5.05. The first-order valence-corrected chi connectivity index (χ1v) is 9.28. The van der Waals surface area contributed by atoms with Gasteiger partial charge in [-0.3, -0.25) is 4.79 Å². The van der Waals surface area contributed by atoms with E-state index in [1.165, 1.54) is 0 Å². The number of hydrogen-bond donors (Lipinski definition) is 0. The van der Waals surface area contributed by atoms with Gasteiger partial charge in [0.1, 0.15) is 17.1 Å². The molecule has 1 aliphatic heterocycles. The molecule has 0 spiro atoms. The van der Waals surface area contributed by atoms with Crippen molar-refractivity contribution in [1.29, 1.82) is 0 Å². The highest BCUT2D eigenvalue weighted by Gasteiger charge is 2.29. The SMILES string of the molecule is COc1ccc(-n2nc(-c3ccco3)cc2C(=O)N2C[C@@H](C)O[C@H](C)C2)cc1. The summed E-state index contributed by atoms with van der Waals surface area (Å²) in [6.07, 6.45) is 1.58. The number of methoxy groups -OCH3 is 1. The second-order valence-corrected chi connectivity index (χ2v) is 6.97. The van der Waals surface area contributed by atoms with Crippen molar-refractivity contribution in [3.63, 3.8) is 0 Å². The van der Waals surface area contributed by atoms with Gasteiger partial charge in [0, 0.05) is 19.2 Å². The van der Waals surface area contributed by atoms with E-state index in [0.29, 0.717) is 30.2 Å². The quantitative estimate of drug-likeness (QED) is 0.693. The minimum Gasteiger partial charge on any atom is -0.497 e. The van der Waals surface area contributed by atoms with Crippen molar-refractivity contribution < 1.29 is 18.7 Å². The van der Waals surface area contributed by atoms with E-state index in [1.54, 1.807) is 30.2 Å². The van der Waals surface area contributed by atoms with Gasteiger partial charge in [-0.05, 0) is 50.2 Å². The van der Waals surface area contributed by atoms with Crippen LogP contribution in [0.2, 0.25) is 0 Å². The smallest absolute Gasteiger partial charge is 0.272 e. The summed E-state index contributed by atoms with van der Waals surface area (Å²) < 4.78 is 18.1. The molecule has 0 saturated carbocycles. The molecule has 1 aliphatic rings. The highest BCUT2D eigenvalue weighted by Crippen LogP contribution is 2.25. The van der Waals surface area contributed by atoms with Crippen LogP contribution in [0.1, 0.15) is 24.3 Å². The van der Waals surface area contributed by atoms with Crippen molar-refractivity contribution in [2.75, 3.05) is 20.2 Å². The molecule has 2 aromatic heterocycles. The van der Waals surface area contributed by atoms with E-state index in [2.05, 4.69) is 5.10 Å².